The molecule has 2 amide bonds. The summed E-state index contributed by atoms with van der Waals surface area (Å²) in [4.78, 5) is 40.3. The topological polar surface area (TPSA) is 134 Å². The molecule has 0 saturated heterocycles. The van der Waals surface area contributed by atoms with Gasteiger partial charge in [0, 0.05) is 10.4 Å². The number of ether oxygens (including phenoxy) is 3. The molecule has 0 spiro atoms. The van der Waals surface area contributed by atoms with Gasteiger partial charge in [-0.15, -0.1) is 21.5 Å². The maximum atomic E-state index is 13.4. The quantitative estimate of drug-likeness (QED) is 0.150. The highest BCUT2D eigenvalue weighted by molar-refractivity contribution is 8.00. The van der Waals surface area contributed by atoms with Gasteiger partial charge < -0.3 is 29.4 Å². The lowest BCUT2D eigenvalue weighted by Crippen LogP contribution is -2.25. The van der Waals surface area contributed by atoms with Crippen LogP contribution in [0.3, 0.4) is 0 Å². The summed E-state index contributed by atoms with van der Waals surface area (Å²) in [6.45, 7) is 4.36. The Morgan fingerprint density at radius 3 is 2.56 bits per heavy atom. The minimum atomic E-state index is -0.565. The van der Waals surface area contributed by atoms with Crippen molar-refractivity contribution in [2.75, 3.05) is 26.1 Å². The van der Waals surface area contributed by atoms with Gasteiger partial charge in [-0.1, -0.05) is 42.1 Å². The van der Waals surface area contributed by atoms with E-state index < -0.39 is 11.2 Å². The number of rotatable bonds is 13. The monoisotopic (exact) mass is 649 g/mol. The molecule has 2 aromatic heterocycles. The number of nitrogens with zero attached hydrogens (tertiary/aromatic N) is 3. The van der Waals surface area contributed by atoms with E-state index in [1.165, 1.54) is 37.3 Å². The van der Waals surface area contributed by atoms with Crippen LogP contribution in [-0.4, -0.2) is 58.6 Å². The molecule has 0 fully saturated rings. The lowest BCUT2D eigenvalue weighted by molar-refractivity contribution is -0.115. The number of nitrogens with one attached hydrogen (secondary N) is 2. The SMILES string of the molecule is CCOC(=O)c1c(NC(=O)[C@@H](C)Sc2nnc(CNC(=O)c3ccc(OC)c(OC)c3)n2Cc2ccccc2)sc2c1CCC2. The molecule has 0 radical (unpaired) electrons. The number of carbonyl (C=O) groups excluding carboxylic acids is 3. The molecule has 45 heavy (non-hydrogen) atoms. The van der Waals surface area contributed by atoms with E-state index in [1.54, 1.807) is 32.0 Å². The highest BCUT2D eigenvalue weighted by Crippen LogP contribution is 2.40. The molecule has 4 aromatic rings. The molecular formula is C32H35N5O6S2. The molecule has 2 N–H and O–H groups in total. The number of amides is 2. The molecule has 5 rings (SSSR count). The Morgan fingerprint density at radius 2 is 1.82 bits per heavy atom. The number of thioether (sulfide) groups is 1. The molecule has 0 aliphatic heterocycles. The predicted molar refractivity (Wildman–Crippen MR) is 173 cm³/mol. The fourth-order valence-electron chi connectivity index (χ4n) is 5.04. The molecule has 236 valence electrons. The molecule has 13 heteroatoms. The van der Waals surface area contributed by atoms with Crippen LogP contribution in [0.1, 0.15) is 62.8 Å². The van der Waals surface area contributed by atoms with Gasteiger partial charge in [-0.05, 0) is 62.4 Å². The minimum Gasteiger partial charge on any atom is -0.493 e. The number of hydrogen-bond acceptors (Lipinski definition) is 10. The molecule has 1 aliphatic rings. The van der Waals surface area contributed by atoms with Crippen LogP contribution in [-0.2, 0) is 35.5 Å². The van der Waals surface area contributed by atoms with Crippen LogP contribution in [0.2, 0.25) is 0 Å². The number of esters is 1. The van der Waals surface area contributed by atoms with Crippen molar-refractivity contribution in [1.29, 1.82) is 0 Å². The number of thiophene rings is 1. The summed E-state index contributed by atoms with van der Waals surface area (Å²) in [5, 5.41) is 15.1. The average molecular weight is 650 g/mol. The maximum Gasteiger partial charge on any atom is 0.341 e. The average Bonchev–Trinajstić information content (AvgIpc) is 3.75. The van der Waals surface area contributed by atoms with Crippen LogP contribution in [0.4, 0.5) is 5.00 Å². The molecular weight excluding hydrogens is 615 g/mol. The number of anilines is 1. The molecule has 0 unspecified atom stereocenters. The lowest BCUT2D eigenvalue weighted by Gasteiger charge is -2.15. The van der Waals surface area contributed by atoms with Crippen molar-refractivity contribution in [2.45, 2.75) is 56.6 Å². The molecule has 0 bridgehead atoms. The van der Waals surface area contributed by atoms with Gasteiger partial charge in [-0.3, -0.25) is 9.59 Å². The second-order valence-corrected chi connectivity index (χ2v) is 12.7. The fourth-order valence-corrected chi connectivity index (χ4v) is 7.18. The largest absolute Gasteiger partial charge is 0.493 e. The van der Waals surface area contributed by atoms with Crippen LogP contribution in [0.15, 0.2) is 53.7 Å². The van der Waals surface area contributed by atoms with Gasteiger partial charge in [0.25, 0.3) is 5.91 Å². The highest BCUT2D eigenvalue weighted by Gasteiger charge is 2.30. The van der Waals surface area contributed by atoms with Crippen LogP contribution in [0, 0.1) is 0 Å². The third-order valence-corrected chi connectivity index (χ3v) is 9.61. The smallest absolute Gasteiger partial charge is 0.341 e. The first kappa shape index (κ1) is 32.0. The number of methoxy groups -OCH3 is 2. The lowest BCUT2D eigenvalue weighted by atomic mass is 10.1. The zero-order chi connectivity index (χ0) is 31.9. The van der Waals surface area contributed by atoms with Gasteiger partial charge in [-0.2, -0.15) is 0 Å². The van der Waals surface area contributed by atoms with Crippen LogP contribution in [0.25, 0.3) is 0 Å². The summed E-state index contributed by atoms with van der Waals surface area (Å²) < 4.78 is 17.8. The fraction of sp³-hybridized carbons (Fsp3) is 0.344. The van der Waals surface area contributed by atoms with Crippen molar-refractivity contribution in [1.82, 2.24) is 20.1 Å². The third-order valence-electron chi connectivity index (χ3n) is 7.32. The van der Waals surface area contributed by atoms with Gasteiger partial charge in [-0.25, -0.2) is 4.79 Å². The third kappa shape index (κ3) is 7.31. The first-order valence-electron chi connectivity index (χ1n) is 14.6. The molecule has 2 aromatic carbocycles. The second-order valence-electron chi connectivity index (χ2n) is 10.3. The van der Waals surface area contributed by atoms with Gasteiger partial charge in [0.05, 0.1) is 44.7 Å². The van der Waals surface area contributed by atoms with E-state index in [4.69, 9.17) is 14.2 Å². The van der Waals surface area contributed by atoms with Gasteiger partial charge >= 0.3 is 5.97 Å². The first-order chi connectivity index (χ1) is 21.8. The van der Waals surface area contributed by atoms with Crippen LogP contribution in [0.5, 0.6) is 11.5 Å². The van der Waals surface area contributed by atoms with Crippen molar-refractivity contribution in [2.24, 2.45) is 0 Å². The Hall–Kier alpha value is -4.36. The maximum absolute atomic E-state index is 13.4. The Bertz CT molecular complexity index is 1690. The summed E-state index contributed by atoms with van der Waals surface area (Å²) >= 11 is 2.70. The van der Waals surface area contributed by atoms with Crippen molar-refractivity contribution in [3.8, 4) is 11.5 Å². The molecule has 1 aliphatic carbocycles. The standard InChI is InChI=1S/C32H35N5O6S2/c1-5-43-31(40)27-22-12-9-13-25(22)45-30(27)34-28(38)19(2)44-32-36-35-26(37(32)18-20-10-7-6-8-11-20)17-33-29(39)21-14-15-23(41-3)24(16-21)42-4/h6-8,10-11,14-16,19H,5,9,12-13,17-18H2,1-4H3,(H,33,39)(H,34,38)/t19-/m1/s1. The number of benzene rings is 2. The number of hydrogen-bond donors (Lipinski definition) is 2. The van der Waals surface area contributed by atoms with E-state index >= 15 is 0 Å². The Labute approximate surface area is 269 Å². The van der Waals surface area contributed by atoms with Crippen LogP contribution >= 0.6 is 23.1 Å². The summed E-state index contributed by atoms with van der Waals surface area (Å²) in [5.74, 6) is 0.522. The summed E-state index contributed by atoms with van der Waals surface area (Å²) in [5.41, 5.74) is 2.87. The zero-order valence-electron chi connectivity index (χ0n) is 25.5. The van der Waals surface area contributed by atoms with Gasteiger partial charge in [0.1, 0.15) is 5.00 Å². The molecule has 2 heterocycles. The zero-order valence-corrected chi connectivity index (χ0v) is 27.2. The van der Waals surface area contributed by atoms with E-state index in [2.05, 4.69) is 20.8 Å². The minimum absolute atomic E-state index is 0.109. The summed E-state index contributed by atoms with van der Waals surface area (Å²) in [6, 6.07) is 14.7. The first-order valence-corrected chi connectivity index (χ1v) is 16.3. The van der Waals surface area contributed by atoms with Crippen LogP contribution < -0.4 is 20.1 Å². The van der Waals surface area contributed by atoms with Crippen molar-refractivity contribution < 1.29 is 28.6 Å². The van der Waals surface area contributed by atoms with E-state index in [0.717, 1.165) is 35.3 Å². The summed E-state index contributed by atoms with van der Waals surface area (Å²) in [7, 11) is 3.05. The van der Waals surface area contributed by atoms with Gasteiger partial charge in [0.15, 0.2) is 22.5 Å². The Balaban J connectivity index is 1.33. The van der Waals surface area contributed by atoms with Crippen molar-refractivity contribution in [3.05, 3.63) is 81.5 Å². The van der Waals surface area contributed by atoms with Crippen molar-refractivity contribution in [3.63, 3.8) is 0 Å². The normalized spacial score (nSPS) is 12.7. The van der Waals surface area contributed by atoms with E-state index in [9.17, 15) is 14.4 Å². The molecule has 11 nitrogen and oxygen atoms in total. The van der Waals surface area contributed by atoms with E-state index in [1.807, 2.05) is 34.9 Å². The summed E-state index contributed by atoms with van der Waals surface area (Å²) in [6.07, 6.45) is 2.68. The van der Waals surface area contributed by atoms with Crippen molar-refractivity contribution >= 4 is 45.9 Å². The number of aromatic nitrogens is 3. The predicted octanol–water partition coefficient (Wildman–Crippen LogP) is 5.12. The number of aryl methyl sites for hydroxylation is 1. The number of carbonyl (C=O) groups is 3. The number of fused-ring (bicyclic) bond motifs is 1. The highest BCUT2D eigenvalue weighted by atomic mass is 32.2. The van der Waals surface area contributed by atoms with Gasteiger partial charge in [0.2, 0.25) is 5.91 Å². The Morgan fingerprint density at radius 1 is 1.04 bits per heavy atom. The molecule has 0 saturated carbocycles. The van der Waals surface area contributed by atoms with E-state index in [0.29, 0.717) is 45.2 Å². The van der Waals surface area contributed by atoms with E-state index in [-0.39, 0.29) is 25.0 Å². The molecule has 1 atom stereocenters. The Kier molecular flexibility index (Phi) is 10.4. The second kappa shape index (κ2) is 14.6.